The monoisotopic (exact) mass is 236 g/mol. The molecule has 0 amide bonds. The highest BCUT2D eigenvalue weighted by Gasteiger charge is 2.25. The van der Waals surface area contributed by atoms with Crippen LogP contribution in [0.25, 0.3) is 0 Å². The summed E-state index contributed by atoms with van der Waals surface area (Å²) in [6, 6.07) is 0. The smallest absolute Gasteiger partial charge is 0.304 e. The lowest BCUT2D eigenvalue weighted by atomic mass is 10.3. The van der Waals surface area contributed by atoms with Crippen molar-refractivity contribution in [2.24, 2.45) is 0 Å². The predicted molar refractivity (Wildman–Crippen MR) is 57.0 cm³/mol. The summed E-state index contributed by atoms with van der Waals surface area (Å²) in [6.45, 7) is 0. The van der Waals surface area contributed by atoms with Crippen molar-refractivity contribution in [3.05, 3.63) is 0 Å². The lowest BCUT2D eigenvalue weighted by molar-refractivity contribution is -0.138. The summed E-state index contributed by atoms with van der Waals surface area (Å²) in [5, 5.41) is 17.4. The third kappa shape index (κ3) is 4.23. The molecule has 1 aliphatic rings. The van der Waals surface area contributed by atoms with Crippen molar-refractivity contribution in [1.82, 2.24) is 0 Å². The highest BCUT2D eigenvalue weighted by Crippen LogP contribution is 2.33. The van der Waals surface area contributed by atoms with E-state index in [1.807, 2.05) is 0 Å². The van der Waals surface area contributed by atoms with E-state index < -0.39 is 11.9 Å². The van der Waals surface area contributed by atoms with Gasteiger partial charge in [-0.1, -0.05) is 0 Å². The van der Waals surface area contributed by atoms with Gasteiger partial charge in [-0.15, -0.1) is 0 Å². The van der Waals surface area contributed by atoms with E-state index in [9.17, 15) is 9.59 Å². The van der Waals surface area contributed by atoms with E-state index in [2.05, 4.69) is 0 Å². The summed E-state index contributed by atoms with van der Waals surface area (Å²) in [4.78, 5) is 20.8. The molecule has 6 heteroatoms. The summed E-state index contributed by atoms with van der Waals surface area (Å²) in [5.74, 6) is -0.0660. The van der Waals surface area contributed by atoms with Crippen LogP contribution in [0.3, 0.4) is 0 Å². The van der Waals surface area contributed by atoms with Gasteiger partial charge in [0, 0.05) is 22.0 Å². The van der Waals surface area contributed by atoms with Crippen LogP contribution in [-0.4, -0.2) is 44.2 Å². The zero-order chi connectivity index (χ0) is 10.6. The predicted octanol–water partition coefficient (Wildman–Crippen LogP) is 1.15. The van der Waals surface area contributed by atoms with Crippen LogP contribution in [0, 0.1) is 0 Å². The van der Waals surface area contributed by atoms with Crippen LogP contribution in [0.5, 0.6) is 0 Å². The molecule has 0 aromatic heterocycles. The number of rotatable bonds is 4. The molecule has 1 fully saturated rings. The maximum absolute atomic E-state index is 10.4. The van der Waals surface area contributed by atoms with Crippen molar-refractivity contribution in [2.75, 3.05) is 11.5 Å². The summed E-state index contributed by atoms with van der Waals surface area (Å²) in [7, 11) is 0. The average Bonchev–Trinajstić information content (AvgIpc) is 2.06. The number of carbonyl (C=O) groups is 2. The van der Waals surface area contributed by atoms with Crippen LogP contribution in [0.4, 0.5) is 0 Å². The van der Waals surface area contributed by atoms with E-state index in [-0.39, 0.29) is 23.3 Å². The molecule has 2 N–H and O–H groups in total. The van der Waals surface area contributed by atoms with Crippen molar-refractivity contribution >= 4 is 35.5 Å². The Hall–Kier alpha value is -0.360. The quantitative estimate of drug-likeness (QED) is 0.762. The summed E-state index contributed by atoms with van der Waals surface area (Å²) >= 11 is 3.15. The molecule has 1 saturated heterocycles. The fraction of sp³-hybridized carbons (Fsp3) is 0.750. The van der Waals surface area contributed by atoms with Crippen LogP contribution < -0.4 is 0 Å². The average molecular weight is 236 g/mol. The van der Waals surface area contributed by atoms with Gasteiger partial charge >= 0.3 is 11.9 Å². The molecule has 1 heterocycles. The van der Waals surface area contributed by atoms with Crippen LogP contribution in [0.2, 0.25) is 0 Å². The maximum Gasteiger partial charge on any atom is 0.304 e. The topological polar surface area (TPSA) is 74.6 Å². The van der Waals surface area contributed by atoms with E-state index in [1.165, 1.54) is 0 Å². The van der Waals surface area contributed by atoms with Gasteiger partial charge in [-0.3, -0.25) is 9.59 Å². The molecule has 2 atom stereocenters. The van der Waals surface area contributed by atoms with E-state index in [0.717, 1.165) is 11.5 Å². The Morgan fingerprint density at radius 2 is 1.36 bits per heavy atom. The Bertz CT molecular complexity index is 199. The van der Waals surface area contributed by atoms with Crippen LogP contribution in [0.15, 0.2) is 0 Å². The number of carboxylic acids is 2. The highest BCUT2D eigenvalue weighted by molar-refractivity contribution is 8.07. The van der Waals surface area contributed by atoms with E-state index in [0.29, 0.717) is 0 Å². The Morgan fingerprint density at radius 1 is 1.00 bits per heavy atom. The molecule has 0 aromatic rings. The van der Waals surface area contributed by atoms with Crippen molar-refractivity contribution in [3.63, 3.8) is 0 Å². The molecular formula is C8H12O4S2. The van der Waals surface area contributed by atoms with Gasteiger partial charge in [-0.25, -0.2) is 0 Å². The Labute approximate surface area is 90.4 Å². The molecule has 0 aliphatic carbocycles. The molecule has 4 nitrogen and oxygen atoms in total. The zero-order valence-corrected chi connectivity index (χ0v) is 9.14. The molecule has 0 bridgehead atoms. The first-order chi connectivity index (χ1) is 6.58. The lowest BCUT2D eigenvalue weighted by Gasteiger charge is -2.25. The minimum absolute atomic E-state index is 0.141. The number of hydrogen-bond acceptors (Lipinski definition) is 4. The molecular weight excluding hydrogens is 224 g/mol. The fourth-order valence-electron chi connectivity index (χ4n) is 1.21. The second kappa shape index (κ2) is 5.50. The maximum atomic E-state index is 10.4. The standard InChI is InChI=1S/C8H12O4S2/c9-7(10)1-5-3-14-6(4-13-5)2-8(11)12/h5-6H,1-4H2,(H,9,10)(H,11,12). The van der Waals surface area contributed by atoms with Gasteiger partial charge in [0.2, 0.25) is 0 Å². The van der Waals surface area contributed by atoms with Crippen LogP contribution in [-0.2, 0) is 9.59 Å². The fourth-order valence-corrected chi connectivity index (χ4v) is 4.18. The third-order valence-electron chi connectivity index (χ3n) is 1.84. The first-order valence-corrected chi connectivity index (χ1v) is 6.34. The van der Waals surface area contributed by atoms with Crippen LogP contribution >= 0.6 is 23.5 Å². The largest absolute Gasteiger partial charge is 0.481 e. The minimum atomic E-state index is -0.778. The molecule has 0 spiro atoms. The first-order valence-electron chi connectivity index (χ1n) is 4.24. The molecule has 0 radical (unpaired) electrons. The first kappa shape index (κ1) is 11.7. The van der Waals surface area contributed by atoms with E-state index in [4.69, 9.17) is 10.2 Å². The summed E-state index contributed by atoms with van der Waals surface area (Å²) in [6.07, 6.45) is 0.356. The summed E-state index contributed by atoms with van der Waals surface area (Å²) < 4.78 is 0. The number of hydrogen-bond donors (Lipinski definition) is 2. The molecule has 0 aromatic carbocycles. The van der Waals surface area contributed by atoms with Gasteiger partial charge in [-0.05, 0) is 0 Å². The Morgan fingerprint density at radius 3 is 1.57 bits per heavy atom. The number of thioether (sulfide) groups is 2. The van der Waals surface area contributed by atoms with Gasteiger partial charge in [0.15, 0.2) is 0 Å². The SMILES string of the molecule is O=C(O)CC1CSC(CC(=O)O)CS1. The molecule has 1 aliphatic heterocycles. The molecule has 80 valence electrons. The van der Waals surface area contributed by atoms with Gasteiger partial charge in [0.25, 0.3) is 0 Å². The van der Waals surface area contributed by atoms with Gasteiger partial charge in [0.05, 0.1) is 12.8 Å². The molecule has 14 heavy (non-hydrogen) atoms. The van der Waals surface area contributed by atoms with Crippen LogP contribution in [0.1, 0.15) is 12.8 Å². The summed E-state index contributed by atoms with van der Waals surface area (Å²) in [5.41, 5.74) is 0. The Balaban J connectivity index is 2.24. The van der Waals surface area contributed by atoms with Crippen molar-refractivity contribution in [2.45, 2.75) is 23.3 Å². The van der Waals surface area contributed by atoms with Gasteiger partial charge in [-0.2, -0.15) is 23.5 Å². The van der Waals surface area contributed by atoms with Gasteiger partial charge in [0.1, 0.15) is 0 Å². The Kier molecular flexibility index (Phi) is 4.60. The van der Waals surface area contributed by atoms with Crippen molar-refractivity contribution < 1.29 is 19.8 Å². The zero-order valence-electron chi connectivity index (χ0n) is 7.51. The molecule has 1 rings (SSSR count). The van der Waals surface area contributed by atoms with Crippen molar-refractivity contribution in [1.29, 1.82) is 0 Å². The lowest BCUT2D eigenvalue weighted by Crippen LogP contribution is -2.25. The third-order valence-corrected chi connectivity index (χ3v) is 5.06. The number of carboxylic acid groups (broad SMARTS) is 2. The van der Waals surface area contributed by atoms with E-state index in [1.54, 1.807) is 23.5 Å². The van der Waals surface area contributed by atoms with Crippen molar-refractivity contribution in [3.8, 4) is 0 Å². The second-order valence-corrected chi connectivity index (χ2v) is 5.77. The normalized spacial score (nSPS) is 27.1. The second-order valence-electron chi connectivity index (χ2n) is 3.11. The van der Waals surface area contributed by atoms with E-state index >= 15 is 0 Å². The molecule has 0 saturated carbocycles. The highest BCUT2D eigenvalue weighted by atomic mass is 32.2. The number of aliphatic carboxylic acids is 2. The molecule has 2 unspecified atom stereocenters. The van der Waals surface area contributed by atoms with Gasteiger partial charge < -0.3 is 10.2 Å². The minimum Gasteiger partial charge on any atom is -0.481 e.